The number of ether oxygens (including phenoxy) is 1. The number of carbonyl (C=O) groups is 1. The van der Waals surface area contributed by atoms with Gasteiger partial charge < -0.3 is 9.64 Å². The lowest BCUT2D eigenvalue weighted by Gasteiger charge is -2.55. The van der Waals surface area contributed by atoms with Crippen LogP contribution in [0.3, 0.4) is 0 Å². The molecule has 1 amide bonds. The normalized spacial score (nSPS) is 30.1. The summed E-state index contributed by atoms with van der Waals surface area (Å²) in [4.78, 5) is 14.4. The molecule has 3 nitrogen and oxygen atoms in total. The fourth-order valence-electron chi connectivity index (χ4n) is 3.78. The number of carbonyl (C=O) groups excluding carboxylic acids is 1. The zero-order valence-electron chi connectivity index (χ0n) is 12.9. The predicted octanol–water partition coefficient (Wildman–Crippen LogP) is 3.23. The predicted molar refractivity (Wildman–Crippen MR) is 76.9 cm³/mol. The maximum absolute atomic E-state index is 12.4. The SMILES string of the molecule is CCO[C@H]1C[C@@H](N(C)C(=O)CC2CCCC2)C1(C)C. The highest BCUT2D eigenvalue weighted by molar-refractivity contribution is 5.76. The second kappa shape index (κ2) is 5.82. The molecule has 110 valence electrons. The molecule has 2 atom stereocenters. The van der Waals surface area contributed by atoms with Crippen LogP contribution in [-0.4, -0.2) is 36.6 Å². The Morgan fingerprint density at radius 3 is 2.47 bits per heavy atom. The minimum atomic E-state index is 0.0933. The van der Waals surface area contributed by atoms with Crippen LogP contribution in [-0.2, 0) is 9.53 Å². The molecule has 2 aliphatic rings. The Morgan fingerprint density at radius 1 is 1.32 bits per heavy atom. The van der Waals surface area contributed by atoms with Crippen LogP contribution >= 0.6 is 0 Å². The van der Waals surface area contributed by atoms with Crippen LogP contribution in [0.2, 0.25) is 0 Å². The lowest BCUT2D eigenvalue weighted by molar-refractivity contribution is -0.164. The average molecular weight is 267 g/mol. The zero-order valence-corrected chi connectivity index (χ0v) is 12.9. The molecule has 0 unspecified atom stereocenters. The molecular formula is C16H29NO2. The van der Waals surface area contributed by atoms with E-state index in [-0.39, 0.29) is 5.41 Å². The molecule has 0 aromatic rings. The fourth-order valence-corrected chi connectivity index (χ4v) is 3.78. The molecule has 2 rings (SSSR count). The minimum absolute atomic E-state index is 0.0933. The molecule has 0 aliphatic heterocycles. The van der Waals surface area contributed by atoms with Gasteiger partial charge in [0.1, 0.15) is 0 Å². The Labute approximate surface area is 117 Å². The van der Waals surface area contributed by atoms with Gasteiger partial charge in [0.15, 0.2) is 0 Å². The summed E-state index contributed by atoms with van der Waals surface area (Å²) in [5.74, 6) is 0.973. The Hall–Kier alpha value is -0.570. The maximum Gasteiger partial charge on any atom is 0.222 e. The minimum Gasteiger partial charge on any atom is -0.378 e. The van der Waals surface area contributed by atoms with Crippen molar-refractivity contribution in [2.24, 2.45) is 11.3 Å². The van der Waals surface area contributed by atoms with Crippen molar-refractivity contribution in [3.05, 3.63) is 0 Å². The number of amides is 1. The number of rotatable bonds is 5. The topological polar surface area (TPSA) is 29.5 Å². The van der Waals surface area contributed by atoms with Crippen molar-refractivity contribution in [3.8, 4) is 0 Å². The van der Waals surface area contributed by atoms with E-state index >= 15 is 0 Å². The largest absolute Gasteiger partial charge is 0.378 e. The van der Waals surface area contributed by atoms with Gasteiger partial charge in [0.25, 0.3) is 0 Å². The molecule has 2 saturated carbocycles. The summed E-state index contributed by atoms with van der Waals surface area (Å²) in [6, 6.07) is 0.345. The molecule has 0 radical (unpaired) electrons. The third kappa shape index (κ3) is 2.96. The van der Waals surface area contributed by atoms with Crippen molar-refractivity contribution >= 4 is 5.91 Å². The zero-order chi connectivity index (χ0) is 14.0. The molecule has 0 N–H and O–H groups in total. The van der Waals surface area contributed by atoms with Gasteiger partial charge in [-0.05, 0) is 32.1 Å². The highest BCUT2D eigenvalue weighted by Gasteiger charge is 2.51. The monoisotopic (exact) mass is 267 g/mol. The van der Waals surface area contributed by atoms with E-state index < -0.39 is 0 Å². The van der Waals surface area contributed by atoms with Crippen LogP contribution in [0.4, 0.5) is 0 Å². The van der Waals surface area contributed by atoms with Gasteiger partial charge in [-0.3, -0.25) is 4.79 Å². The van der Waals surface area contributed by atoms with Crippen molar-refractivity contribution in [1.82, 2.24) is 4.90 Å². The number of nitrogens with zero attached hydrogens (tertiary/aromatic N) is 1. The van der Waals surface area contributed by atoms with Crippen LogP contribution in [0.5, 0.6) is 0 Å². The molecule has 3 heteroatoms. The van der Waals surface area contributed by atoms with Crippen LogP contribution in [0.25, 0.3) is 0 Å². The molecule has 0 heterocycles. The molecule has 19 heavy (non-hydrogen) atoms. The summed E-state index contributed by atoms with van der Waals surface area (Å²) in [6.07, 6.45) is 7.16. The summed E-state index contributed by atoms with van der Waals surface area (Å²) < 4.78 is 5.75. The molecule has 0 bridgehead atoms. The Bertz CT molecular complexity index is 321. The highest BCUT2D eigenvalue weighted by Crippen LogP contribution is 2.45. The van der Waals surface area contributed by atoms with E-state index in [4.69, 9.17) is 4.74 Å². The van der Waals surface area contributed by atoms with E-state index in [1.165, 1.54) is 25.7 Å². The Balaban J connectivity index is 1.86. The van der Waals surface area contributed by atoms with Gasteiger partial charge >= 0.3 is 0 Å². The van der Waals surface area contributed by atoms with Gasteiger partial charge in [-0.15, -0.1) is 0 Å². The molecule has 0 saturated heterocycles. The van der Waals surface area contributed by atoms with Crippen LogP contribution in [0.1, 0.15) is 59.3 Å². The summed E-state index contributed by atoms with van der Waals surface area (Å²) >= 11 is 0. The first kappa shape index (κ1) is 14.8. The molecule has 0 aromatic heterocycles. The fraction of sp³-hybridized carbons (Fsp3) is 0.938. The van der Waals surface area contributed by atoms with E-state index in [0.717, 1.165) is 19.4 Å². The van der Waals surface area contributed by atoms with Gasteiger partial charge in [-0.2, -0.15) is 0 Å². The lowest BCUT2D eigenvalue weighted by Crippen LogP contribution is -2.62. The molecular weight excluding hydrogens is 238 g/mol. The summed E-state index contributed by atoms with van der Waals surface area (Å²) in [5, 5.41) is 0. The van der Waals surface area contributed by atoms with E-state index in [0.29, 0.717) is 24.0 Å². The first-order chi connectivity index (χ1) is 8.96. The lowest BCUT2D eigenvalue weighted by atomic mass is 9.63. The first-order valence-electron chi connectivity index (χ1n) is 7.84. The van der Waals surface area contributed by atoms with Crippen molar-refractivity contribution in [3.63, 3.8) is 0 Å². The molecule has 0 aromatic carbocycles. The third-order valence-corrected chi connectivity index (χ3v) is 5.29. The number of hydrogen-bond acceptors (Lipinski definition) is 2. The highest BCUT2D eigenvalue weighted by atomic mass is 16.5. The van der Waals surface area contributed by atoms with Crippen molar-refractivity contribution in [1.29, 1.82) is 0 Å². The van der Waals surface area contributed by atoms with Gasteiger partial charge in [0.2, 0.25) is 5.91 Å². The van der Waals surface area contributed by atoms with E-state index in [1.807, 2.05) is 18.9 Å². The summed E-state index contributed by atoms with van der Waals surface area (Å²) in [7, 11) is 1.98. The van der Waals surface area contributed by atoms with Crippen molar-refractivity contribution < 1.29 is 9.53 Å². The van der Waals surface area contributed by atoms with E-state index in [1.54, 1.807) is 0 Å². The smallest absolute Gasteiger partial charge is 0.222 e. The van der Waals surface area contributed by atoms with Crippen molar-refractivity contribution in [2.45, 2.75) is 71.4 Å². The first-order valence-corrected chi connectivity index (χ1v) is 7.84. The maximum atomic E-state index is 12.4. The Morgan fingerprint density at radius 2 is 1.95 bits per heavy atom. The molecule has 0 spiro atoms. The molecule has 2 fully saturated rings. The summed E-state index contributed by atoms with van der Waals surface area (Å²) in [5.41, 5.74) is 0.0933. The summed E-state index contributed by atoms with van der Waals surface area (Å²) in [6.45, 7) is 7.25. The van der Waals surface area contributed by atoms with Gasteiger partial charge in [-0.1, -0.05) is 26.7 Å². The van der Waals surface area contributed by atoms with Crippen LogP contribution < -0.4 is 0 Å². The second-order valence-electron chi connectivity index (χ2n) is 6.88. The number of hydrogen-bond donors (Lipinski definition) is 0. The van der Waals surface area contributed by atoms with Crippen molar-refractivity contribution in [2.75, 3.05) is 13.7 Å². The average Bonchev–Trinajstić information content (AvgIpc) is 2.86. The van der Waals surface area contributed by atoms with Gasteiger partial charge in [0, 0.05) is 31.5 Å². The van der Waals surface area contributed by atoms with E-state index in [9.17, 15) is 4.79 Å². The van der Waals surface area contributed by atoms with Gasteiger partial charge in [0.05, 0.1) is 6.10 Å². The van der Waals surface area contributed by atoms with E-state index in [2.05, 4.69) is 13.8 Å². The van der Waals surface area contributed by atoms with Gasteiger partial charge in [-0.25, -0.2) is 0 Å². The van der Waals surface area contributed by atoms with Crippen LogP contribution in [0, 0.1) is 11.3 Å². The quantitative estimate of drug-likeness (QED) is 0.765. The van der Waals surface area contributed by atoms with Crippen LogP contribution in [0.15, 0.2) is 0 Å². The standard InChI is InChI=1S/C16H29NO2/c1-5-19-14-11-13(16(14,2)3)17(4)15(18)10-12-8-6-7-9-12/h12-14H,5-11H2,1-4H3/t13-,14+/m1/s1. The second-order valence-corrected chi connectivity index (χ2v) is 6.88. The molecule has 2 aliphatic carbocycles. The Kier molecular flexibility index (Phi) is 4.54. The third-order valence-electron chi connectivity index (χ3n) is 5.29.